The van der Waals surface area contributed by atoms with Gasteiger partial charge in [0.2, 0.25) is 0 Å². The van der Waals surface area contributed by atoms with Gasteiger partial charge in [-0.25, -0.2) is 0 Å². The zero-order valence-electron chi connectivity index (χ0n) is 17.3. The van der Waals surface area contributed by atoms with Crippen molar-refractivity contribution in [3.63, 3.8) is 0 Å². The van der Waals surface area contributed by atoms with Gasteiger partial charge in [-0.2, -0.15) is 0 Å². The molecule has 2 saturated heterocycles. The standard InChI is InChI=1S/C22H32N4O2/c1-24-11-8-18(9-12-24)26-10-4-5-17(15-26)23-22(27)21-13-16-6-7-19(28-3)14-20(16)25(21)2/h6-7,13-14,17-18H,4-5,8-12,15H2,1-3H3,(H,23,27). The molecule has 2 aliphatic rings. The second-order valence-corrected chi connectivity index (χ2v) is 8.36. The van der Waals surface area contributed by atoms with Gasteiger partial charge < -0.3 is 19.5 Å². The molecule has 2 aliphatic heterocycles. The average Bonchev–Trinajstić information content (AvgIpc) is 3.05. The normalized spacial score (nSPS) is 22.5. The number of hydrogen-bond acceptors (Lipinski definition) is 4. The minimum atomic E-state index is 0.0212. The number of likely N-dealkylation sites (tertiary alicyclic amines) is 2. The van der Waals surface area contributed by atoms with Gasteiger partial charge in [-0.05, 0) is 70.6 Å². The molecule has 0 spiro atoms. The minimum absolute atomic E-state index is 0.0212. The van der Waals surface area contributed by atoms with Crippen LogP contribution in [-0.4, -0.2) is 72.7 Å². The molecule has 28 heavy (non-hydrogen) atoms. The number of aromatic nitrogens is 1. The van der Waals surface area contributed by atoms with Crippen LogP contribution in [0.1, 0.15) is 36.2 Å². The monoisotopic (exact) mass is 384 g/mol. The van der Waals surface area contributed by atoms with Crippen molar-refractivity contribution in [2.24, 2.45) is 7.05 Å². The number of nitrogens with one attached hydrogen (secondary N) is 1. The highest BCUT2D eigenvalue weighted by atomic mass is 16.5. The van der Waals surface area contributed by atoms with Crippen molar-refractivity contribution in [3.8, 4) is 5.75 Å². The molecule has 1 aromatic heterocycles. The summed E-state index contributed by atoms with van der Waals surface area (Å²) in [5.74, 6) is 0.828. The van der Waals surface area contributed by atoms with E-state index >= 15 is 0 Å². The third-order valence-electron chi connectivity index (χ3n) is 6.48. The van der Waals surface area contributed by atoms with Crippen molar-refractivity contribution in [1.82, 2.24) is 19.7 Å². The van der Waals surface area contributed by atoms with Crippen LogP contribution in [0.25, 0.3) is 10.9 Å². The fourth-order valence-electron chi connectivity index (χ4n) is 4.73. The lowest BCUT2D eigenvalue weighted by atomic mass is 9.98. The van der Waals surface area contributed by atoms with Crippen LogP contribution in [0.5, 0.6) is 5.75 Å². The van der Waals surface area contributed by atoms with E-state index in [1.54, 1.807) is 7.11 Å². The Morgan fingerprint density at radius 2 is 1.89 bits per heavy atom. The summed E-state index contributed by atoms with van der Waals surface area (Å²) in [5, 5.41) is 4.36. The van der Waals surface area contributed by atoms with Crippen molar-refractivity contribution in [2.45, 2.75) is 37.8 Å². The summed E-state index contributed by atoms with van der Waals surface area (Å²) >= 11 is 0. The molecule has 6 heteroatoms. The van der Waals surface area contributed by atoms with Crippen LogP contribution in [-0.2, 0) is 7.05 Å². The van der Waals surface area contributed by atoms with Crippen molar-refractivity contribution in [2.75, 3.05) is 40.3 Å². The fourth-order valence-corrected chi connectivity index (χ4v) is 4.73. The first-order valence-electron chi connectivity index (χ1n) is 10.4. The summed E-state index contributed by atoms with van der Waals surface area (Å²) in [7, 11) is 5.81. The van der Waals surface area contributed by atoms with Crippen LogP contribution < -0.4 is 10.1 Å². The number of carbonyl (C=O) groups excluding carboxylic acids is 1. The summed E-state index contributed by atoms with van der Waals surface area (Å²) in [6.07, 6.45) is 4.70. The second kappa shape index (κ2) is 8.13. The molecule has 3 heterocycles. The smallest absolute Gasteiger partial charge is 0.268 e. The van der Waals surface area contributed by atoms with Gasteiger partial charge in [-0.3, -0.25) is 9.69 Å². The molecule has 2 aromatic rings. The number of amides is 1. The fraction of sp³-hybridized carbons (Fsp3) is 0.591. The van der Waals surface area contributed by atoms with Crippen LogP contribution in [0.2, 0.25) is 0 Å². The maximum atomic E-state index is 13.0. The zero-order chi connectivity index (χ0) is 19.7. The Hall–Kier alpha value is -2.05. The van der Waals surface area contributed by atoms with E-state index in [2.05, 4.69) is 22.2 Å². The van der Waals surface area contributed by atoms with Gasteiger partial charge in [0.15, 0.2) is 0 Å². The molecule has 152 valence electrons. The van der Waals surface area contributed by atoms with Crippen LogP contribution in [0, 0.1) is 0 Å². The lowest BCUT2D eigenvalue weighted by Gasteiger charge is -2.41. The molecule has 0 bridgehead atoms. The number of nitrogens with zero attached hydrogens (tertiary/aromatic N) is 3. The largest absolute Gasteiger partial charge is 0.497 e. The van der Waals surface area contributed by atoms with E-state index in [0.717, 1.165) is 42.6 Å². The SMILES string of the molecule is COc1ccc2cc(C(=O)NC3CCCN(C4CCN(C)CC4)C3)n(C)c2c1. The molecular weight excluding hydrogens is 352 g/mol. The predicted molar refractivity (Wildman–Crippen MR) is 112 cm³/mol. The molecule has 1 aromatic carbocycles. The minimum Gasteiger partial charge on any atom is -0.497 e. The number of benzene rings is 1. The summed E-state index contributed by atoms with van der Waals surface area (Å²) in [6.45, 7) is 4.49. The molecule has 1 amide bonds. The van der Waals surface area contributed by atoms with Crippen LogP contribution in [0.15, 0.2) is 24.3 Å². The van der Waals surface area contributed by atoms with E-state index in [0.29, 0.717) is 11.7 Å². The number of hydrogen-bond donors (Lipinski definition) is 1. The van der Waals surface area contributed by atoms with E-state index in [9.17, 15) is 4.79 Å². The summed E-state index contributed by atoms with van der Waals surface area (Å²) in [6, 6.07) is 8.79. The van der Waals surface area contributed by atoms with E-state index in [1.807, 2.05) is 35.9 Å². The number of ether oxygens (including phenoxy) is 1. The Morgan fingerprint density at radius 3 is 2.64 bits per heavy atom. The highest BCUT2D eigenvalue weighted by Crippen LogP contribution is 2.25. The van der Waals surface area contributed by atoms with Gasteiger partial charge >= 0.3 is 0 Å². The maximum absolute atomic E-state index is 13.0. The quantitative estimate of drug-likeness (QED) is 0.880. The van der Waals surface area contributed by atoms with Gasteiger partial charge in [-0.1, -0.05) is 0 Å². The Morgan fingerprint density at radius 1 is 1.11 bits per heavy atom. The van der Waals surface area contributed by atoms with Gasteiger partial charge in [0.05, 0.1) is 12.6 Å². The Labute approximate surface area is 167 Å². The summed E-state index contributed by atoms with van der Waals surface area (Å²) in [5.41, 5.74) is 1.72. The second-order valence-electron chi connectivity index (χ2n) is 8.36. The first-order valence-corrected chi connectivity index (χ1v) is 10.4. The number of rotatable bonds is 4. The van der Waals surface area contributed by atoms with E-state index in [1.165, 1.54) is 25.9 Å². The van der Waals surface area contributed by atoms with Crippen molar-refractivity contribution in [3.05, 3.63) is 30.0 Å². The molecule has 4 rings (SSSR count). The molecule has 6 nitrogen and oxygen atoms in total. The van der Waals surface area contributed by atoms with Crippen LogP contribution >= 0.6 is 0 Å². The highest BCUT2D eigenvalue weighted by molar-refractivity contribution is 5.99. The summed E-state index contributed by atoms with van der Waals surface area (Å²) < 4.78 is 7.29. The van der Waals surface area contributed by atoms with Gasteiger partial charge in [0.25, 0.3) is 5.91 Å². The Kier molecular flexibility index (Phi) is 5.60. The third kappa shape index (κ3) is 3.89. The van der Waals surface area contributed by atoms with Crippen LogP contribution in [0.4, 0.5) is 0 Å². The molecule has 0 aliphatic carbocycles. The number of carbonyl (C=O) groups is 1. The third-order valence-corrected chi connectivity index (χ3v) is 6.48. The molecule has 1 unspecified atom stereocenters. The zero-order valence-corrected chi connectivity index (χ0v) is 17.3. The predicted octanol–water partition coefficient (Wildman–Crippen LogP) is 2.48. The lowest BCUT2D eigenvalue weighted by Crippen LogP contribution is -2.53. The van der Waals surface area contributed by atoms with E-state index < -0.39 is 0 Å². The molecular formula is C22H32N4O2. The molecule has 1 N–H and O–H groups in total. The lowest BCUT2D eigenvalue weighted by molar-refractivity contribution is 0.0761. The van der Waals surface area contributed by atoms with Crippen molar-refractivity contribution >= 4 is 16.8 Å². The Bertz CT molecular complexity index is 838. The van der Waals surface area contributed by atoms with Gasteiger partial charge in [0.1, 0.15) is 11.4 Å². The van der Waals surface area contributed by atoms with E-state index in [4.69, 9.17) is 4.74 Å². The van der Waals surface area contributed by atoms with E-state index in [-0.39, 0.29) is 11.9 Å². The van der Waals surface area contributed by atoms with Crippen LogP contribution in [0.3, 0.4) is 0 Å². The molecule has 0 radical (unpaired) electrons. The highest BCUT2D eigenvalue weighted by Gasteiger charge is 2.29. The first-order chi connectivity index (χ1) is 13.5. The van der Waals surface area contributed by atoms with Gasteiger partial charge in [-0.15, -0.1) is 0 Å². The van der Waals surface area contributed by atoms with Crippen molar-refractivity contribution in [1.29, 1.82) is 0 Å². The number of methoxy groups -OCH3 is 1. The number of fused-ring (bicyclic) bond motifs is 1. The molecule has 1 atom stereocenters. The topological polar surface area (TPSA) is 49.7 Å². The van der Waals surface area contributed by atoms with Crippen molar-refractivity contribution < 1.29 is 9.53 Å². The molecule has 2 fully saturated rings. The summed E-state index contributed by atoms with van der Waals surface area (Å²) in [4.78, 5) is 18.0. The number of aryl methyl sites for hydroxylation is 1. The number of piperidine rings is 2. The van der Waals surface area contributed by atoms with Gasteiger partial charge in [0, 0.05) is 37.1 Å². The molecule has 0 saturated carbocycles. The average molecular weight is 385 g/mol. The Balaban J connectivity index is 1.43. The maximum Gasteiger partial charge on any atom is 0.268 e. The first kappa shape index (κ1) is 19.3.